The van der Waals surface area contributed by atoms with E-state index in [4.69, 9.17) is 29.0 Å². The van der Waals surface area contributed by atoms with E-state index in [1.807, 2.05) is 21.1 Å². The lowest BCUT2D eigenvalue weighted by Crippen LogP contribution is -2.38. The van der Waals surface area contributed by atoms with Gasteiger partial charge in [-0.1, -0.05) is 168 Å². The van der Waals surface area contributed by atoms with Gasteiger partial charge < -0.3 is 38.4 Å². The van der Waals surface area contributed by atoms with Crippen LogP contribution in [0.2, 0.25) is 0 Å². The first-order valence-electron chi connectivity index (χ1n) is 24.3. The number of anilines is 1. The van der Waals surface area contributed by atoms with Gasteiger partial charge in [-0.3, -0.25) is 9.13 Å². The summed E-state index contributed by atoms with van der Waals surface area (Å²) in [6, 6.07) is 0. The summed E-state index contributed by atoms with van der Waals surface area (Å²) in [5.74, 6) is -0.535. The number of nitrogens with two attached hydrogens (primary N) is 1. The van der Waals surface area contributed by atoms with Gasteiger partial charge in [0.2, 0.25) is 0 Å². The molecule has 0 bridgehead atoms. The Bertz CT molecular complexity index is 1460. The Morgan fingerprint density at radius 3 is 1.65 bits per heavy atom. The summed E-state index contributed by atoms with van der Waals surface area (Å²) in [7, 11) is 1.32. The number of hydrogen-bond acceptors (Lipinski definition) is 11. The van der Waals surface area contributed by atoms with Gasteiger partial charge in [-0.05, 0) is 12.8 Å². The van der Waals surface area contributed by atoms with Gasteiger partial charge in [-0.15, -0.1) is 0 Å². The van der Waals surface area contributed by atoms with Gasteiger partial charge in [0.1, 0.15) is 43.3 Å². The number of rotatable bonds is 36. The molecule has 0 aliphatic carbocycles. The number of phosphoric ester groups is 1. The zero-order valence-corrected chi connectivity index (χ0v) is 39.4. The molecule has 2 aliphatic rings. The predicted octanol–water partition coefficient (Wildman–Crippen LogP) is 11.0. The van der Waals surface area contributed by atoms with Crippen LogP contribution in [-0.4, -0.2) is 89.0 Å². The molecule has 13 nitrogen and oxygen atoms in total. The number of phosphoric acid groups is 1. The first-order valence-corrected chi connectivity index (χ1v) is 25.8. The summed E-state index contributed by atoms with van der Waals surface area (Å²) in [6.45, 7) is 4.82. The molecular weight excluding hydrogens is 780 g/mol. The minimum Gasteiger partial charge on any atom is -0.756 e. The first kappa shape index (κ1) is 50.9. The Hall–Kier alpha value is -1.70. The van der Waals surface area contributed by atoms with Crippen molar-refractivity contribution in [2.24, 2.45) is 0 Å². The number of hydrogen-bond donors (Lipinski definition) is 1. The molecule has 2 N–H and O–H groups in total. The van der Waals surface area contributed by atoms with E-state index in [0.29, 0.717) is 22.2 Å². The molecule has 1 unspecified atom stereocenters. The first-order chi connectivity index (χ1) is 29.0. The molecule has 2 aromatic rings. The molecule has 2 aromatic heterocycles. The maximum atomic E-state index is 12.9. The molecule has 0 amide bonds. The van der Waals surface area contributed by atoms with Gasteiger partial charge in [0, 0.05) is 12.8 Å². The standard InChI is InChI=1S/C46H85N6O7P/c1-6-8-10-12-14-16-18-20-22-24-26-28-30-32-46(33-31-29-27-25-23-21-19-17-15-13-11-9-7-2)58-41-39(36-56-60(53,54)55-35-34-52(3,4)5)57-45(42(41)59-46)51-38-50-40-43(47)48-37-49-44(40)51/h37-39,41-42,45H,6-36H2,1-5H3,(H2-,47,48,49,53,54)/t39-,41-,42-,45-/m1/s1. The molecule has 5 atom stereocenters. The quantitative estimate of drug-likeness (QED) is 0.0395. The fourth-order valence-corrected chi connectivity index (χ4v) is 9.44. The molecule has 14 heteroatoms. The zero-order chi connectivity index (χ0) is 43.1. The lowest BCUT2D eigenvalue weighted by molar-refractivity contribution is -0.870. The average Bonchev–Trinajstić information content (AvgIpc) is 3.90. The molecular formula is C46H85N6O7P. The maximum Gasteiger partial charge on any atom is 0.268 e. The Labute approximate surface area is 363 Å². The number of quaternary nitrogens is 1. The monoisotopic (exact) mass is 865 g/mol. The second-order valence-corrected chi connectivity index (χ2v) is 20.2. The van der Waals surface area contributed by atoms with E-state index in [2.05, 4.69) is 28.8 Å². The highest BCUT2D eigenvalue weighted by Crippen LogP contribution is 2.49. The highest BCUT2D eigenvalue weighted by molar-refractivity contribution is 7.45. The van der Waals surface area contributed by atoms with Gasteiger partial charge in [-0.2, -0.15) is 0 Å². The van der Waals surface area contributed by atoms with Crippen LogP contribution in [0.15, 0.2) is 12.7 Å². The lowest BCUT2D eigenvalue weighted by atomic mass is 9.98. The SMILES string of the molecule is CCCCCCCCCCCCCCCC1(CCCCCCCCCCCCCCC)O[C@@H]2[C@H](O1)[C@@H](COP(=O)([O-])OCC[N+](C)(C)C)O[C@H]2n1cnc2c(N)ncnc21. The topological polar surface area (TPSA) is 156 Å². The van der Waals surface area contributed by atoms with Crippen molar-refractivity contribution in [1.82, 2.24) is 19.5 Å². The maximum absolute atomic E-state index is 12.9. The number of nitrogen functional groups attached to an aromatic ring is 1. The van der Waals surface area contributed by atoms with E-state index in [0.717, 1.165) is 38.5 Å². The smallest absolute Gasteiger partial charge is 0.268 e. The van der Waals surface area contributed by atoms with Crippen molar-refractivity contribution in [3.05, 3.63) is 12.7 Å². The third-order valence-electron chi connectivity index (χ3n) is 12.4. The minimum absolute atomic E-state index is 0.0214. The molecule has 2 saturated heterocycles. The molecule has 60 heavy (non-hydrogen) atoms. The van der Waals surface area contributed by atoms with E-state index in [-0.39, 0.29) is 19.0 Å². The largest absolute Gasteiger partial charge is 0.756 e. The summed E-state index contributed by atoms with van der Waals surface area (Å²) >= 11 is 0. The second-order valence-electron chi connectivity index (χ2n) is 18.8. The van der Waals surface area contributed by atoms with Crippen LogP contribution >= 0.6 is 7.82 Å². The van der Waals surface area contributed by atoms with Crippen LogP contribution in [0.5, 0.6) is 0 Å². The van der Waals surface area contributed by atoms with Crippen molar-refractivity contribution in [2.45, 2.75) is 224 Å². The van der Waals surface area contributed by atoms with Crippen LogP contribution in [-0.2, 0) is 27.8 Å². The zero-order valence-electron chi connectivity index (χ0n) is 38.5. The third-order valence-corrected chi connectivity index (χ3v) is 13.3. The summed E-state index contributed by atoms with van der Waals surface area (Å²) in [4.78, 5) is 26.0. The molecule has 2 aliphatic heterocycles. The summed E-state index contributed by atoms with van der Waals surface area (Å²) in [5, 5.41) is 0. The molecule has 0 aromatic carbocycles. The number of nitrogens with zero attached hydrogens (tertiary/aromatic N) is 5. The normalized spacial score (nSPS) is 21.2. The average molecular weight is 865 g/mol. The van der Waals surface area contributed by atoms with Crippen molar-refractivity contribution < 1.29 is 37.2 Å². The van der Waals surface area contributed by atoms with Crippen molar-refractivity contribution in [1.29, 1.82) is 0 Å². The third kappa shape index (κ3) is 18.2. The van der Waals surface area contributed by atoms with Crippen molar-refractivity contribution >= 4 is 24.8 Å². The number of unbranched alkanes of at least 4 members (excludes halogenated alkanes) is 24. The van der Waals surface area contributed by atoms with Gasteiger partial charge in [0.15, 0.2) is 23.5 Å². The molecule has 346 valence electrons. The van der Waals surface area contributed by atoms with E-state index >= 15 is 0 Å². The van der Waals surface area contributed by atoms with Gasteiger partial charge in [0.25, 0.3) is 7.82 Å². The van der Waals surface area contributed by atoms with E-state index in [1.165, 1.54) is 148 Å². The molecule has 2 fully saturated rings. The van der Waals surface area contributed by atoms with E-state index in [1.54, 1.807) is 10.9 Å². The number of aromatic nitrogens is 4. The predicted molar refractivity (Wildman–Crippen MR) is 239 cm³/mol. The van der Waals surface area contributed by atoms with Crippen molar-refractivity contribution in [3.63, 3.8) is 0 Å². The van der Waals surface area contributed by atoms with Crippen LogP contribution < -0.4 is 10.6 Å². The highest BCUT2D eigenvalue weighted by atomic mass is 31.2. The Morgan fingerprint density at radius 2 is 1.17 bits per heavy atom. The summed E-state index contributed by atoms with van der Waals surface area (Å²) < 4.78 is 46.6. The lowest BCUT2D eigenvalue weighted by Gasteiger charge is -2.32. The van der Waals surface area contributed by atoms with Crippen molar-refractivity contribution in [2.75, 3.05) is 46.6 Å². The fraction of sp³-hybridized carbons (Fsp3) is 0.891. The van der Waals surface area contributed by atoms with Gasteiger partial charge in [0.05, 0.1) is 34.1 Å². The second kappa shape index (κ2) is 27.5. The van der Waals surface area contributed by atoms with Gasteiger partial charge in [-0.25, -0.2) is 15.0 Å². The Kier molecular flexibility index (Phi) is 23.3. The van der Waals surface area contributed by atoms with E-state index in [9.17, 15) is 9.46 Å². The van der Waals surface area contributed by atoms with E-state index < -0.39 is 38.1 Å². The summed E-state index contributed by atoms with van der Waals surface area (Å²) in [5.41, 5.74) is 7.15. The molecule has 4 rings (SSSR count). The Morgan fingerprint density at radius 1 is 0.700 bits per heavy atom. The van der Waals surface area contributed by atoms with Gasteiger partial charge >= 0.3 is 0 Å². The highest BCUT2D eigenvalue weighted by Gasteiger charge is 2.58. The fourth-order valence-electron chi connectivity index (χ4n) is 8.73. The van der Waals surface area contributed by atoms with Crippen LogP contribution in [0, 0.1) is 0 Å². The van der Waals surface area contributed by atoms with Crippen LogP contribution in [0.25, 0.3) is 11.2 Å². The summed E-state index contributed by atoms with van der Waals surface area (Å²) in [6.07, 6.45) is 35.5. The number of ether oxygens (including phenoxy) is 3. The molecule has 4 heterocycles. The van der Waals surface area contributed by atoms with Crippen LogP contribution in [0.4, 0.5) is 5.82 Å². The molecule has 0 spiro atoms. The van der Waals surface area contributed by atoms with Crippen LogP contribution in [0.3, 0.4) is 0 Å². The minimum atomic E-state index is -4.61. The number of likely N-dealkylation sites (N-methyl/N-ethyl adjacent to an activating group) is 1. The number of fused-ring (bicyclic) bond motifs is 2. The number of imidazole rings is 1. The van der Waals surface area contributed by atoms with Crippen LogP contribution in [0.1, 0.15) is 200 Å². The van der Waals surface area contributed by atoms with Crippen molar-refractivity contribution in [3.8, 4) is 0 Å². The Balaban J connectivity index is 1.36. The molecule has 0 saturated carbocycles. The molecule has 0 radical (unpaired) electrons.